The zero-order valence-corrected chi connectivity index (χ0v) is 14.0. The molecule has 6 nitrogen and oxygen atoms in total. The average molecular weight is 420 g/mol. The Hall–Kier alpha value is -0.650. The van der Waals surface area contributed by atoms with Crippen LogP contribution in [-0.2, 0) is 26.9 Å². The van der Waals surface area contributed by atoms with E-state index in [1.54, 1.807) is 30.3 Å². The van der Waals surface area contributed by atoms with E-state index in [0.717, 1.165) is 18.8 Å². The summed E-state index contributed by atoms with van der Waals surface area (Å²) >= 11 is -2.66. The minimum absolute atomic E-state index is 0.713. The normalized spacial score (nSPS) is 13.5. The Morgan fingerprint density at radius 1 is 1.00 bits per heavy atom. The molecule has 9 heteroatoms. The van der Waals surface area contributed by atoms with Crippen molar-refractivity contribution in [2.75, 3.05) is 12.5 Å². The van der Waals surface area contributed by atoms with E-state index in [-0.39, 0.29) is 0 Å². The Morgan fingerprint density at radius 2 is 1.58 bits per heavy atom. The van der Waals surface area contributed by atoms with Gasteiger partial charge in [-0.15, -0.1) is 0 Å². The Balaban J connectivity index is 2.94. The standard InChI is InChI=1S/C10H13IO6S2/c1-18(12,13)16-9-8-11(17-19(2,14)15)10-6-4-3-5-7-10/h3-9H,1-2H3. The summed E-state index contributed by atoms with van der Waals surface area (Å²) in [4.78, 5) is 0. The van der Waals surface area contributed by atoms with Gasteiger partial charge in [-0.3, -0.25) is 0 Å². The monoisotopic (exact) mass is 420 g/mol. The average Bonchev–Trinajstić information content (AvgIpc) is 2.25. The second-order valence-electron chi connectivity index (χ2n) is 3.40. The van der Waals surface area contributed by atoms with Crippen molar-refractivity contribution in [2.45, 2.75) is 0 Å². The number of rotatable bonds is 6. The van der Waals surface area contributed by atoms with Crippen LogP contribution in [0, 0.1) is 3.57 Å². The molecule has 1 aromatic carbocycles. The maximum atomic E-state index is 11.2. The predicted octanol–water partition coefficient (Wildman–Crippen LogP) is 1.70. The van der Waals surface area contributed by atoms with E-state index < -0.39 is 40.5 Å². The molecule has 0 amide bonds. The van der Waals surface area contributed by atoms with E-state index in [1.165, 1.54) is 4.08 Å². The van der Waals surface area contributed by atoms with Gasteiger partial charge >= 0.3 is 121 Å². The minimum atomic E-state index is -3.62. The van der Waals surface area contributed by atoms with E-state index in [2.05, 4.69) is 4.18 Å². The van der Waals surface area contributed by atoms with Gasteiger partial charge in [-0.1, -0.05) is 0 Å². The third kappa shape index (κ3) is 7.50. The van der Waals surface area contributed by atoms with Crippen molar-refractivity contribution in [2.24, 2.45) is 0 Å². The van der Waals surface area contributed by atoms with E-state index in [9.17, 15) is 16.8 Å². The van der Waals surface area contributed by atoms with Gasteiger partial charge in [0.1, 0.15) is 0 Å². The Kier molecular flexibility index (Phi) is 5.77. The van der Waals surface area contributed by atoms with Crippen molar-refractivity contribution in [1.29, 1.82) is 0 Å². The summed E-state index contributed by atoms with van der Waals surface area (Å²) in [5.41, 5.74) is 0. The molecule has 1 rings (SSSR count). The molecule has 0 aliphatic heterocycles. The van der Waals surface area contributed by atoms with E-state index in [1.807, 2.05) is 0 Å². The molecule has 1 aromatic rings. The van der Waals surface area contributed by atoms with Crippen LogP contribution in [-0.4, -0.2) is 29.3 Å². The number of hydrogen-bond donors (Lipinski definition) is 0. The topological polar surface area (TPSA) is 86.7 Å². The number of halogens is 1. The second-order valence-corrected chi connectivity index (χ2v) is 11.2. The quantitative estimate of drug-likeness (QED) is 0.396. The Bertz CT molecular complexity index is 636. The zero-order valence-electron chi connectivity index (χ0n) is 10.2. The maximum absolute atomic E-state index is 11.2. The van der Waals surface area contributed by atoms with Crippen LogP contribution >= 0.6 is 20.2 Å². The molecule has 0 atom stereocenters. The van der Waals surface area contributed by atoms with Crippen LogP contribution in [0.15, 0.2) is 40.7 Å². The fourth-order valence-electron chi connectivity index (χ4n) is 0.961. The SMILES string of the molecule is CS(=O)(=O)OC=CI(OS(C)(=O)=O)c1ccccc1. The first-order valence-electron chi connectivity index (χ1n) is 4.86. The second kappa shape index (κ2) is 6.68. The molecule has 0 aliphatic carbocycles. The number of benzene rings is 1. The van der Waals surface area contributed by atoms with Crippen LogP contribution < -0.4 is 0 Å². The molecule has 0 aliphatic rings. The van der Waals surface area contributed by atoms with Crippen molar-refractivity contribution >= 4 is 40.5 Å². The van der Waals surface area contributed by atoms with Crippen molar-refractivity contribution < 1.29 is 23.5 Å². The molecule has 0 bridgehead atoms. The van der Waals surface area contributed by atoms with E-state index >= 15 is 0 Å². The van der Waals surface area contributed by atoms with Gasteiger partial charge in [0.2, 0.25) is 0 Å². The third-order valence-corrected chi connectivity index (χ3v) is 8.37. The summed E-state index contributed by atoms with van der Waals surface area (Å²) in [6, 6.07) is 8.73. The van der Waals surface area contributed by atoms with Crippen LogP contribution in [0.25, 0.3) is 0 Å². The van der Waals surface area contributed by atoms with Crippen LogP contribution in [0.4, 0.5) is 0 Å². The summed E-state index contributed by atoms with van der Waals surface area (Å²) in [7, 11) is -7.24. The van der Waals surface area contributed by atoms with Gasteiger partial charge in [0.05, 0.1) is 0 Å². The first-order chi connectivity index (χ1) is 8.67. The fraction of sp³-hybridized carbons (Fsp3) is 0.200. The van der Waals surface area contributed by atoms with Crippen molar-refractivity contribution in [3.63, 3.8) is 0 Å². The molecular weight excluding hydrogens is 407 g/mol. The molecule has 0 saturated carbocycles. The van der Waals surface area contributed by atoms with Crippen LogP contribution in [0.1, 0.15) is 0 Å². The molecule has 0 saturated heterocycles. The molecule has 19 heavy (non-hydrogen) atoms. The van der Waals surface area contributed by atoms with Crippen molar-refractivity contribution in [3.8, 4) is 0 Å². The molecule has 0 fully saturated rings. The van der Waals surface area contributed by atoms with Crippen LogP contribution in [0.2, 0.25) is 0 Å². The third-order valence-electron chi connectivity index (χ3n) is 1.53. The van der Waals surface area contributed by atoms with Gasteiger partial charge in [-0.05, 0) is 0 Å². The predicted molar refractivity (Wildman–Crippen MR) is 80.2 cm³/mol. The first kappa shape index (κ1) is 16.4. The Morgan fingerprint density at radius 3 is 2.05 bits per heavy atom. The van der Waals surface area contributed by atoms with Gasteiger partial charge in [0, 0.05) is 0 Å². The summed E-state index contributed by atoms with van der Waals surface area (Å²) in [6.45, 7) is 0. The van der Waals surface area contributed by atoms with E-state index in [0.29, 0.717) is 3.57 Å². The summed E-state index contributed by atoms with van der Waals surface area (Å²) < 4.78 is 55.6. The first-order valence-corrected chi connectivity index (χ1v) is 11.7. The molecule has 0 heterocycles. The van der Waals surface area contributed by atoms with Gasteiger partial charge in [-0.25, -0.2) is 0 Å². The molecule has 0 unspecified atom stereocenters. The summed E-state index contributed by atoms with van der Waals surface area (Å²) in [6.07, 6.45) is 2.81. The van der Waals surface area contributed by atoms with Crippen LogP contribution in [0.3, 0.4) is 0 Å². The molecule has 0 spiro atoms. The van der Waals surface area contributed by atoms with Crippen LogP contribution in [0.5, 0.6) is 0 Å². The van der Waals surface area contributed by atoms with Crippen molar-refractivity contribution in [1.82, 2.24) is 0 Å². The van der Waals surface area contributed by atoms with E-state index in [4.69, 9.17) is 2.51 Å². The zero-order chi connectivity index (χ0) is 14.5. The Labute approximate surface area is 120 Å². The van der Waals surface area contributed by atoms with Crippen molar-refractivity contribution in [3.05, 3.63) is 44.2 Å². The van der Waals surface area contributed by atoms with Gasteiger partial charge in [-0.2, -0.15) is 0 Å². The van der Waals surface area contributed by atoms with Gasteiger partial charge in [0.25, 0.3) is 0 Å². The summed E-state index contributed by atoms with van der Waals surface area (Å²) in [5, 5.41) is 0. The number of hydrogen-bond acceptors (Lipinski definition) is 6. The van der Waals surface area contributed by atoms with Gasteiger partial charge in [0.15, 0.2) is 0 Å². The molecule has 0 N–H and O–H groups in total. The molecular formula is C10H13IO6S2. The molecule has 108 valence electrons. The summed E-state index contributed by atoms with van der Waals surface area (Å²) in [5.74, 6) is 0. The fourth-order valence-corrected chi connectivity index (χ4v) is 6.82. The molecule has 0 aromatic heterocycles. The molecule has 0 radical (unpaired) electrons. The van der Waals surface area contributed by atoms with Gasteiger partial charge < -0.3 is 0 Å².